The van der Waals surface area contributed by atoms with E-state index in [4.69, 9.17) is 9.47 Å². The minimum atomic E-state index is 0. The lowest BCUT2D eigenvalue weighted by atomic mass is 10.2. The van der Waals surface area contributed by atoms with Crippen LogP contribution in [-0.4, -0.2) is 12.7 Å². The van der Waals surface area contributed by atoms with Gasteiger partial charge in [-0.05, 0) is 18.6 Å². The Kier molecular flexibility index (Phi) is 6.40. The first-order valence-electron chi connectivity index (χ1n) is 7.45. The molecule has 1 aromatic carbocycles. The summed E-state index contributed by atoms with van der Waals surface area (Å²) in [5.41, 5.74) is 0.742. The van der Waals surface area contributed by atoms with Crippen LogP contribution >= 0.6 is 0 Å². The van der Waals surface area contributed by atoms with Crippen molar-refractivity contribution in [3.8, 4) is 11.5 Å². The molecule has 0 bridgehead atoms. The SMILES string of the molecule is O=C(CCCC[n+]1ccccc1)Nc1ccc2c(c1)OCO2.[Br-]. The van der Waals surface area contributed by atoms with Gasteiger partial charge in [0, 0.05) is 36.7 Å². The number of ether oxygens (including phenoxy) is 2. The number of nitrogens with zero attached hydrogens (tertiary/aromatic N) is 1. The molecule has 0 fully saturated rings. The molecule has 1 aliphatic rings. The van der Waals surface area contributed by atoms with E-state index in [9.17, 15) is 4.79 Å². The number of benzene rings is 1. The predicted molar refractivity (Wildman–Crippen MR) is 81.7 cm³/mol. The maximum atomic E-state index is 11.9. The Labute approximate surface area is 146 Å². The molecule has 0 unspecified atom stereocenters. The fourth-order valence-corrected chi connectivity index (χ4v) is 2.36. The number of aromatic nitrogens is 1. The molecule has 3 rings (SSSR count). The Hall–Kier alpha value is -2.08. The molecule has 2 aromatic rings. The quantitative estimate of drug-likeness (QED) is 0.545. The van der Waals surface area contributed by atoms with Gasteiger partial charge in [0.2, 0.25) is 12.7 Å². The lowest BCUT2D eigenvalue weighted by molar-refractivity contribution is -0.697. The number of carbonyl (C=O) groups excluding carboxylic acids is 1. The molecule has 6 heteroatoms. The van der Waals surface area contributed by atoms with Gasteiger partial charge in [-0.3, -0.25) is 4.79 Å². The van der Waals surface area contributed by atoms with E-state index >= 15 is 0 Å². The first-order chi connectivity index (χ1) is 10.8. The minimum Gasteiger partial charge on any atom is -1.00 e. The maximum Gasteiger partial charge on any atom is 0.231 e. The highest BCUT2D eigenvalue weighted by Gasteiger charge is 2.14. The van der Waals surface area contributed by atoms with E-state index < -0.39 is 0 Å². The first-order valence-corrected chi connectivity index (χ1v) is 7.45. The van der Waals surface area contributed by atoms with Crippen molar-refractivity contribution < 1.29 is 35.8 Å². The van der Waals surface area contributed by atoms with Crippen LogP contribution in [0.15, 0.2) is 48.8 Å². The second kappa shape index (κ2) is 8.53. The van der Waals surface area contributed by atoms with Gasteiger partial charge in [0.1, 0.15) is 6.54 Å². The third-order valence-electron chi connectivity index (χ3n) is 3.50. The van der Waals surface area contributed by atoms with Gasteiger partial charge in [0.15, 0.2) is 23.9 Å². The number of rotatable bonds is 6. The molecule has 0 aliphatic carbocycles. The molecule has 23 heavy (non-hydrogen) atoms. The summed E-state index contributed by atoms with van der Waals surface area (Å²) < 4.78 is 12.7. The van der Waals surface area contributed by atoms with Gasteiger partial charge in [-0.15, -0.1) is 0 Å². The first kappa shape index (κ1) is 17.3. The number of anilines is 1. The predicted octanol–water partition coefficient (Wildman–Crippen LogP) is -0.484. The number of pyridine rings is 1. The van der Waals surface area contributed by atoms with E-state index in [0.717, 1.165) is 30.8 Å². The summed E-state index contributed by atoms with van der Waals surface area (Å²) in [6.45, 7) is 1.17. The molecule has 0 radical (unpaired) electrons. The molecule has 0 saturated carbocycles. The number of hydrogen-bond donors (Lipinski definition) is 1. The van der Waals surface area contributed by atoms with Crippen molar-refractivity contribution in [3.05, 3.63) is 48.8 Å². The van der Waals surface area contributed by atoms with E-state index in [0.29, 0.717) is 12.2 Å². The minimum absolute atomic E-state index is 0. The second-order valence-corrected chi connectivity index (χ2v) is 5.19. The summed E-state index contributed by atoms with van der Waals surface area (Å²) in [5.74, 6) is 1.42. The molecule has 1 amide bonds. The molecule has 1 aliphatic heterocycles. The molecular weight excluding hydrogens is 360 g/mol. The zero-order chi connectivity index (χ0) is 15.2. The monoisotopic (exact) mass is 378 g/mol. The van der Waals surface area contributed by atoms with Crippen molar-refractivity contribution in [2.75, 3.05) is 12.1 Å². The highest BCUT2D eigenvalue weighted by Crippen LogP contribution is 2.34. The molecule has 5 nitrogen and oxygen atoms in total. The fraction of sp³-hybridized carbons (Fsp3) is 0.294. The summed E-state index contributed by atoms with van der Waals surface area (Å²) >= 11 is 0. The Morgan fingerprint density at radius 1 is 1.09 bits per heavy atom. The number of amides is 1. The summed E-state index contributed by atoms with van der Waals surface area (Å²) in [6.07, 6.45) is 6.42. The zero-order valence-corrected chi connectivity index (χ0v) is 14.3. The van der Waals surface area contributed by atoms with Crippen LogP contribution in [0.2, 0.25) is 0 Å². The van der Waals surface area contributed by atoms with Crippen LogP contribution in [-0.2, 0) is 11.3 Å². The molecule has 0 saturated heterocycles. The molecule has 1 aromatic heterocycles. The maximum absolute atomic E-state index is 11.9. The van der Waals surface area contributed by atoms with Crippen molar-refractivity contribution in [3.63, 3.8) is 0 Å². The molecule has 2 heterocycles. The summed E-state index contributed by atoms with van der Waals surface area (Å²) in [5, 5.41) is 2.89. The highest BCUT2D eigenvalue weighted by atomic mass is 79.9. The molecular formula is C17H19BrN2O3. The third kappa shape index (κ3) is 4.96. The van der Waals surface area contributed by atoms with Crippen molar-refractivity contribution in [2.45, 2.75) is 25.8 Å². The summed E-state index contributed by atoms with van der Waals surface area (Å²) in [6, 6.07) is 11.4. The lowest BCUT2D eigenvalue weighted by Crippen LogP contribution is -3.00. The van der Waals surface area contributed by atoms with Gasteiger partial charge in [0.05, 0.1) is 0 Å². The van der Waals surface area contributed by atoms with Gasteiger partial charge in [-0.1, -0.05) is 6.07 Å². The van der Waals surface area contributed by atoms with Crippen LogP contribution in [0, 0.1) is 0 Å². The standard InChI is InChI=1S/C17H18N2O3.BrH/c20-17(6-2-5-11-19-9-3-1-4-10-19)18-14-7-8-15-16(12-14)22-13-21-15;/h1,3-4,7-10,12H,2,5-6,11,13H2;1H. The van der Waals surface area contributed by atoms with Gasteiger partial charge in [-0.25, -0.2) is 4.57 Å². The second-order valence-electron chi connectivity index (χ2n) is 5.19. The number of hydrogen-bond acceptors (Lipinski definition) is 3. The molecule has 0 spiro atoms. The van der Waals surface area contributed by atoms with Crippen LogP contribution in [0.4, 0.5) is 5.69 Å². The molecule has 122 valence electrons. The lowest BCUT2D eigenvalue weighted by Gasteiger charge is -2.05. The Balaban J connectivity index is 0.00000192. The Morgan fingerprint density at radius 2 is 1.87 bits per heavy atom. The van der Waals surface area contributed by atoms with Crippen molar-refractivity contribution in [1.82, 2.24) is 0 Å². The normalized spacial score (nSPS) is 11.7. The third-order valence-corrected chi connectivity index (χ3v) is 3.50. The highest BCUT2D eigenvalue weighted by molar-refractivity contribution is 5.91. The number of halogens is 1. The number of carbonyl (C=O) groups is 1. The van der Waals surface area contributed by atoms with Gasteiger partial charge in [-0.2, -0.15) is 0 Å². The van der Waals surface area contributed by atoms with E-state index in [2.05, 4.69) is 9.88 Å². The summed E-state index contributed by atoms with van der Waals surface area (Å²) in [4.78, 5) is 11.9. The van der Waals surface area contributed by atoms with E-state index in [1.54, 1.807) is 6.07 Å². The van der Waals surface area contributed by atoms with E-state index in [1.807, 2.05) is 42.7 Å². The fourth-order valence-electron chi connectivity index (χ4n) is 2.36. The molecule has 1 N–H and O–H groups in total. The van der Waals surface area contributed by atoms with Crippen molar-refractivity contribution >= 4 is 11.6 Å². The Morgan fingerprint density at radius 3 is 2.70 bits per heavy atom. The van der Waals surface area contributed by atoms with Crippen LogP contribution < -0.4 is 36.3 Å². The Bertz CT molecular complexity index is 650. The average Bonchev–Trinajstić information content (AvgIpc) is 3.00. The smallest absolute Gasteiger partial charge is 0.231 e. The van der Waals surface area contributed by atoms with Gasteiger partial charge in [0.25, 0.3) is 0 Å². The van der Waals surface area contributed by atoms with Crippen molar-refractivity contribution in [1.29, 1.82) is 0 Å². The van der Waals surface area contributed by atoms with E-state index in [-0.39, 0.29) is 29.7 Å². The topological polar surface area (TPSA) is 51.4 Å². The zero-order valence-electron chi connectivity index (χ0n) is 12.7. The van der Waals surface area contributed by atoms with Crippen LogP contribution in [0.5, 0.6) is 11.5 Å². The van der Waals surface area contributed by atoms with Crippen molar-refractivity contribution in [2.24, 2.45) is 0 Å². The number of unbranched alkanes of at least 4 members (excludes halogenated alkanes) is 1. The van der Waals surface area contributed by atoms with Crippen LogP contribution in [0.3, 0.4) is 0 Å². The van der Waals surface area contributed by atoms with Gasteiger partial charge >= 0.3 is 0 Å². The van der Waals surface area contributed by atoms with Crippen LogP contribution in [0.25, 0.3) is 0 Å². The number of aryl methyl sites for hydroxylation is 1. The summed E-state index contributed by atoms with van der Waals surface area (Å²) in [7, 11) is 0. The molecule has 0 atom stereocenters. The largest absolute Gasteiger partial charge is 1.00 e. The number of nitrogens with one attached hydrogen (secondary N) is 1. The van der Waals surface area contributed by atoms with Crippen LogP contribution in [0.1, 0.15) is 19.3 Å². The van der Waals surface area contributed by atoms with E-state index in [1.165, 1.54) is 0 Å². The van der Waals surface area contributed by atoms with Gasteiger partial charge < -0.3 is 31.8 Å². The number of fused-ring (bicyclic) bond motifs is 1. The average molecular weight is 379 g/mol.